The first-order valence-corrected chi connectivity index (χ1v) is 13.7. The third kappa shape index (κ3) is 8.18. The van der Waals surface area contributed by atoms with Gasteiger partial charge in [0.15, 0.2) is 6.29 Å². The standard InChI is InChI=1S/C33H46O5/c1-24(17-26-9-13-28(14-10-26)31(3,4)5)19-37-33(22-34,30-21-35-23-36-30)38-20-25(2)18-27-11-15-29(16-12-27)32(6,7)8/h9-16,21-22,24-25H,17-20,23H2,1-8H3. The molecule has 0 aliphatic carbocycles. The molecule has 2 aromatic rings. The molecule has 0 spiro atoms. The molecule has 0 bridgehead atoms. The Morgan fingerprint density at radius 2 is 1.18 bits per heavy atom. The van der Waals surface area contributed by atoms with Gasteiger partial charge in [-0.05, 0) is 57.8 Å². The Morgan fingerprint density at radius 1 is 0.763 bits per heavy atom. The van der Waals surface area contributed by atoms with E-state index < -0.39 is 5.79 Å². The average molecular weight is 523 g/mol. The number of carbonyl (C=O) groups excluding carboxylic acids is 1. The largest absolute Gasteiger partial charge is 0.461 e. The number of rotatable bonds is 12. The molecule has 5 heteroatoms. The fraction of sp³-hybridized carbons (Fsp3) is 0.545. The van der Waals surface area contributed by atoms with Gasteiger partial charge in [-0.3, -0.25) is 4.79 Å². The molecule has 1 aliphatic rings. The highest BCUT2D eigenvalue weighted by Crippen LogP contribution is 2.29. The Kier molecular flexibility index (Phi) is 9.83. The first-order valence-electron chi connectivity index (χ1n) is 13.7. The summed E-state index contributed by atoms with van der Waals surface area (Å²) in [5.74, 6) is -1.03. The monoisotopic (exact) mass is 522 g/mol. The second kappa shape index (κ2) is 12.5. The van der Waals surface area contributed by atoms with Crippen LogP contribution in [0.5, 0.6) is 0 Å². The molecule has 208 valence electrons. The van der Waals surface area contributed by atoms with Crippen molar-refractivity contribution in [3.63, 3.8) is 0 Å². The van der Waals surface area contributed by atoms with Crippen molar-refractivity contribution in [3.8, 4) is 0 Å². The Hall–Kier alpha value is -2.63. The number of ether oxygens (including phenoxy) is 4. The van der Waals surface area contributed by atoms with Crippen molar-refractivity contribution in [2.75, 3.05) is 20.0 Å². The van der Waals surface area contributed by atoms with E-state index >= 15 is 0 Å². The molecule has 0 amide bonds. The normalized spacial score (nSPS) is 17.1. The van der Waals surface area contributed by atoms with Gasteiger partial charge >= 0.3 is 0 Å². The van der Waals surface area contributed by atoms with E-state index in [2.05, 4.69) is 104 Å². The summed E-state index contributed by atoms with van der Waals surface area (Å²) in [7, 11) is 0. The molecule has 2 aromatic carbocycles. The van der Waals surface area contributed by atoms with Crippen molar-refractivity contribution in [1.82, 2.24) is 0 Å². The molecule has 3 rings (SSSR count). The molecule has 2 atom stereocenters. The summed E-state index contributed by atoms with van der Waals surface area (Å²) in [6.45, 7) is 18.2. The van der Waals surface area contributed by atoms with Crippen molar-refractivity contribution in [2.24, 2.45) is 11.8 Å². The number of aldehydes is 1. The summed E-state index contributed by atoms with van der Waals surface area (Å²) in [6, 6.07) is 17.4. The molecule has 0 N–H and O–H groups in total. The minimum absolute atomic E-state index is 0.0446. The van der Waals surface area contributed by atoms with E-state index in [-0.39, 0.29) is 35.2 Å². The summed E-state index contributed by atoms with van der Waals surface area (Å²) < 4.78 is 23.1. The predicted octanol–water partition coefficient (Wildman–Crippen LogP) is 7.11. The van der Waals surface area contributed by atoms with Crippen LogP contribution in [0.15, 0.2) is 60.6 Å². The fourth-order valence-corrected chi connectivity index (χ4v) is 4.47. The molecular formula is C33H46O5. The van der Waals surface area contributed by atoms with Gasteiger partial charge in [0.2, 0.25) is 12.6 Å². The van der Waals surface area contributed by atoms with Crippen molar-refractivity contribution in [3.05, 3.63) is 82.8 Å². The summed E-state index contributed by atoms with van der Waals surface area (Å²) in [6.07, 6.45) is 3.76. The first-order chi connectivity index (χ1) is 17.8. The SMILES string of the molecule is CC(COC(C=O)(OCC(C)Cc1ccc(C(C)(C)C)cc1)C1=COCO1)Cc1ccc(C(C)(C)C)cc1. The summed E-state index contributed by atoms with van der Waals surface area (Å²) >= 11 is 0. The summed E-state index contributed by atoms with van der Waals surface area (Å²) in [5.41, 5.74) is 5.33. The third-order valence-corrected chi connectivity index (χ3v) is 6.94. The van der Waals surface area contributed by atoms with Gasteiger partial charge in [-0.1, -0.05) is 104 Å². The van der Waals surface area contributed by atoms with Gasteiger partial charge < -0.3 is 18.9 Å². The van der Waals surface area contributed by atoms with Crippen LogP contribution in [0.25, 0.3) is 0 Å². The van der Waals surface area contributed by atoms with Crippen molar-refractivity contribution in [2.45, 2.75) is 84.8 Å². The lowest BCUT2D eigenvalue weighted by Crippen LogP contribution is -2.43. The highest BCUT2D eigenvalue weighted by atomic mass is 16.8. The quantitative estimate of drug-likeness (QED) is 0.220. The minimum Gasteiger partial charge on any atom is -0.461 e. The van der Waals surface area contributed by atoms with Crippen LogP contribution >= 0.6 is 0 Å². The van der Waals surface area contributed by atoms with E-state index in [0.29, 0.717) is 19.5 Å². The Balaban J connectivity index is 1.61. The van der Waals surface area contributed by atoms with E-state index in [1.54, 1.807) is 0 Å². The first kappa shape index (κ1) is 29.9. The van der Waals surface area contributed by atoms with E-state index in [1.807, 2.05) is 0 Å². The van der Waals surface area contributed by atoms with Crippen LogP contribution in [0.2, 0.25) is 0 Å². The van der Waals surface area contributed by atoms with E-state index in [9.17, 15) is 4.79 Å². The van der Waals surface area contributed by atoms with Crippen LogP contribution in [0, 0.1) is 11.8 Å². The van der Waals surface area contributed by atoms with Crippen molar-refractivity contribution < 1.29 is 23.7 Å². The van der Waals surface area contributed by atoms with Crippen LogP contribution < -0.4 is 0 Å². The molecule has 0 radical (unpaired) electrons. The Morgan fingerprint density at radius 3 is 1.50 bits per heavy atom. The van der Waals surface area contributed by atoms with Crippen LogP contribution in [-0.4, -0.2) is 32.1 Å². The van der Waals surface area contributed by atoms with Gasteiger partial charge in [-0.25, -0.2) is 0 Å². The maximum atomic E-state index is 12.4. The zero-order valence-corrected chi connectivity index (χ0v) is 24.5. The zero-order chi connectivity index (χ0) is 28.0. The lowest BCUT2D eigenvalue weighted by Gasteiger charge is -2.30. The Labute approximate surface area is 229 Å². The van der Waals surface area contributed by atoms with Crippen molar-refractivity contribution >= 4 is 6.29 Å². The van der Waals surface area contributed by atoms with Crippen molar-refractivity contribution in [1.29, 1.82) is 0 Å². The number of hydrogen-bond donors (Lipinski definition) is 0. The van der Waals surface area contributed by atoms with Gasteiger partial charge in [-0.2, -0.15) is 0 Å². The van der Waals surface area contributed by atoms with Gasteiger partial charge in [0.1, 0.15) is 6.26 Å². The highest BCUT2D eigenvalue weighted by Gasteiger charge is 2.42. The molecule has 0 saturated heterocycles. The Bertz CT molecular complexity index is 985. The third-order valence-electron chi connectivity index (χ3n) is 6.94. The fourth-order valence-electron chi connectivity index (χ4n) is 4.47. The number of hydrogen-bond acceptors (Lipinski definition) is 5. The average Bonchev–Trinajstić information content (AvgIpc) is 3.40. The van der Waals surface area contributed by atoms with E-state index in [0.717, 1.165) is 12.8 Å². The smallest absolute Gasteiger partial charge is 0.289 e. The molecule has 2 unspecified atom stereocenters. The molecule has 0 aromatic heterocycles. The van der Waals surface area contributed by atoms with Crippen LogP contribution in [0.1, 0.15) is 77.6 Å². The van der Waals surface area contributed by atoms with Gasteiger partial charge in [0, 0.05) is 0 Å². The maximum absolute atomic E-state index is 12.4. The second-order valence-electron chi connectivity index (χ2n) is 12.8. The molecule has 38 heavy (non-hydrogen) atoms. The van der Waals surface area contributed by atoms with Crippen LogP contribution in [0.4, 0.5) is 0 Å². The predicted molar refractivity (Wildman–Crippen MR) is 152 cm³/mol. The molecule has 0 fully saturated rings. The second-order valence-corrected chi connectivity index (χ2v) is 12.8. The minimum atomic E-state index is -1.62. The van der Waals surface area contributed by atoms with Gasteiger partial charge in [0.25, 0.3) is 5.79 Å². The lowest BCUT2D eigenvalue weighted by molar-refractivity contribution is -0.222. The van der Waals surface area contributed by atoms with Crippen LogP contribution in [-0.2, 0) is 47.4 Å². The number of benzene rings is 2. The highest BCUT2D eigenvalue weighted by molar-refractivity contribution is 5.65. The molecule has 1 heterocycles. The van der Waals surface area contributed by atoms with E-state index in [4.69, 9.17) is 18.9 Å². The topological polar surface area (TPSA) is 54.0 Å². The zero-order valence-electron chi connectivity index (χ0n) is 24.5. The summed E-state index contributed by atoms with van der Waals surface area (Å²) in [5, 5.41) is 0. The lowest BCUT2D eigenvalue weighted by atomic mass is 9.86. The molecule has 5 nitrogen and oxygen atoms in total. The van der Waals surface area contributed by atoms with Gasteiger partial charge in [0.05, 0.1) is 13.2 Å². The van der Waals surface area contributed by atoms with E-state index in [1.165, 1.54) is 28.5 Å². The number of carbonyl (C=O) groups is 1. The molecular weight excluding hydrogens is 476 g/mol. The van der Waals surface area contributed by atoms with Gasteiger partial charge in [-0.15, -0.1) is 0 Å². The summed E-state index contributed by atoms with van der Waals surface area (Å²) in [4.78, 5) is 12.4. The molecule has 0 saturated carbocycles. The van der Waals surface area contributed by atoms with Crippen LogP contribution in [0.3, 0.4) is 0 Å². The maximum Gasteiger partial charge on any atom is 0.289 e. The molecule has 1 aliphatic heterocycles.